The number of anilines is 2. The summed E-state index contributed by atoms with van der Waals surface area (Å²) in [6, 6.07) is 4.99. The molecule has 3 amide bonds. The maximum Gasteiger partial charge on any atom is 0.328 e. The summed E-state index contributed by atoms with van der Waals surface area (Å²) in [5, 5.41) is 4.05. The van der Waals surface area contributed by atoms with E-state index in [2.05, 4.69) is 10.3 Å². The van der Waals surface area contributed by atoms with E-state index in [4.69, 9.17) is 5.73 Å². The molecule has 3 rings (SSSR count). The summed E-state index contributed by atoms with van der Waals surface area (Å²) in [5.74, 6) is -0.253. The molecule has 3 N–H and O–H groups in total. The molecule has 0 unspecified atom stereocenters. The number of carbonyl (C=O) groups excluding carboxylic acids is 2. The summed E-state index contributed by atoms with van der Waals surface area (Å²) in [7, 11) is 0. The third kappa shape index (κ3) is 1.97. The predicted molar refractivity (Wildman–Crippen MR) is 71.7 cm³/mol. The van der Waals surface area contributed by atoms with E-state index in [0.29, 0.717) is 17.9 Å². The molecule has 96 valence electrons. The van der Waals surface area contributed by atoms with Gasteiger partial charge in [-0.2, -0.15) is 0 Å². The van der Waals surface area contributed by atoms with Crippen LogP contribution in [-0.2, 0) is 4.79 Å². The molecule has 1 aliphatic rings. The minimum Gasteiger partial charge on any atom is -0.398 e. The number of fused-ring (bicyclic) bond motifs is 1. The molecular formula is C13H12N4O2. The molecular weight excluding hydrogens is 244 g/mol. The second-order valence-corrected chi connectivity index (χ2v) is 4.39. The van der Waals surface area contributed by atoms with Crippen LogP contribution in [0.4, 0.5) is 16.2 Å². The number of amides is 3. The van der Waals surface area contributed by atoms with Crippen molar-refractivity contribution in [3.05, 3.63) is 30.6 Å². The number of nitrogen functional groups attached to an aromatic ring is 1. The Kier molecular flexibility index (Phi) is 2.56. The summed E-state index contributed by atoms with van der Waals surface area (Å²) in [5.41, 5.74) is 7.24. The van der Waals surface area contributed by atoms with Gasteiger partial charge in [0.1, 0.15) is 0 Å². The third-order valence-electron chi connectivity index (χ3n) is 3.14. The number of hydrogen-bond acceptors (Lipinski definition) is 4. The monoisotopic (exact) mass is 256 g/mol. The van der Waals surface area contributed by atoms with Crippen molar-refractivity contribution in [2.24, 2.45) is 0 Å². The van der Waals surface area contributed by atoms with Crippen molar-refractivity contribution in [1.29, 1.82) is 0 Å². The number of nitrogens with zero attached hydrogens (tertiary/aromatic N) is 2. The lowest BCUT2D eigenvalue weighted by Gasteiger charge is -2.27. The maximum absolute atomic E-state index is 11.8. The van der Waals surface area contributed by atoms with Crippen molar-refractivity contribution in [3.63, 3.8) is 0 Å². The first-order chi connectivity index (χ1) is 9.15. The summed E-state index contributed by atoms with van der Waals surface area (Å²) >= 11 is 0. The van der Waals surface area contributed by atoms with E-state index >= 15 is 0 Å². The Morgan fingerprint density at radius 3 is 2.95 bits per heavy atom. The minimum absolute atomic E-state index is 0.253. The normalized spacial score (nSPS) is 15.7. The molecule has 0 aliphatic carbocycles. The average molecular weight is 256 g/mol. The van der Waals surface area contributed by atoms with Gasteiger partial charge in [-0.15, -0.1) is 0 Å². The van der Waals surface area contributed by atoms with Crippen molar-refractivity contribution in [3.8, 4) is 0 Å². The lowest BCUT2D eigenvalue weighted by molar-refractivity contribution is -0.120. The molecule has 1 saturated heterocycles. The van der Waals surface area contributed by atoms with Crippen molar-refractivity contribution in [2.45, 2.75) is 6.42 Å². The number of aromatic nitrogens is 1. The molecule has 0 radical (unpaired) electrons. The lowest BCUT2D eigenvalue weighted by atomic mass is 10.1. The van der Waals surface area contributed by atoms with Crippen LogP contribution in [0, 0.1) is 0 Å². The van der Waals surface area contributed by atoms with Crippen LogP contribution in [0.25, 0.3) is 10.8 Å². The Morgan fingerprint density at radius 1 is 1.32 bits per heavy atom. The van der Waals surface area contributed by atoms with Gasteiger partial charge in [-0.05, 0) is 18.2 Å². The van der Waals surface area contributed by atoms with Crippen LogP contribution in [-0.4, -0.2) is 23.5 Å². The highest BCUT2D eigenvalue weighted by Gasteiger charge is 2.24. The maximum atomic E-state index is 11.8. The van der Waals surface area contributed by atoms with Gasteiger partial charge in [-0.1, -0.05) is 0 Å². The highest BCUT2D eigenvalue weighted by Crippen LogP contribution is 2.28. The number of rotatable bonds is 1. The minimum atomic E-state index is -0.418. The predicted octanol–water partition coefficient (Wildman–Crippen LogP) is 1.26. The summed E-state index contributed by atoms with van der Waals surface area (Å²) in [4.78, 5) is 28.5. The first-order valence-electron chi connectivity index (χ1n) is 5.90. The Bertz CT molecular complexity index is 683. The van der Waals surface area contributed by atoms with E-state index in [0.717, 1.165) is 10.8 Å². The molecule has 1 aromatic carbocycles. The fraction of sp³-hybridized carbons (Fsp3) is 0.154. The van der Waals surface area contributed by atoms with Crippen molar-refractivity contribution < 1.29 is 9.59 Å². The van der Waals surface area contributed by atoms with Crippen LogP contribution in [0.15, 0.2) is 30.6 Å². The van der Waals surface area contributed by atoms with Crippen LogP contribution in [0.2, 0.25) is 0 Å². The zero-order chi connectivity index (χ0) is 13.4. The SMILES string of the molecule is Nc1cc(N2CCC(=O)NC2=O)cc2cnccc12. The zero-order valence-electron chi connectivity index (χ0n) is 10.1. The second kappa shape index (κ2) is 4.24. The van der Waals surface area contributed by atoms with E-state index in [1.807, 2.05) is 12.1 Å². The molecule has 1 aromatic heterocycles. The van der Waals surface area contributed by atoms with E-state index in [1.165, 1.54) is 4.90 Å². The van der Waals surface area contributed by atoms with Crippen LogP contribution in [0.1, 0.15) is 6.42 Å². The molecule has 0 spiro atoms. The molecule has 6 heteroatoms. The van der Waals surface area contributed by atoms with E-state index < -0.39 is 6.03 Å². The fourth-order valence-electron chi connectivity index (χ4n) is 2.19. The Morgan fingerprint density at radius 2 is 2.16 bits per heavy atom. The Labute approximate surface area is 109 Å². The van der Waals surface area contributed by atoms with Crippen LogP contribution in [0.3, 0.4) is 0 Å². The largest absolute Gasteiger partial charge is 0.398 e. The van der Waals surface area contributed by atoms with Gasteiger partial charge in [0.05, 0.1) is 0 Å². The topological polar surface area (TPSA) is 88.3 Å². The molecule has 1 fully saturated rings. The van der Waals surface area contributed by atoms with Gasteiger partial charge in [0.15, 0.2) is 0 Å². The second-order valence-electron chi connectivity index (χ2n) is 4.39. The first kappa shape index (κ1) is 11.5. The standard InChI is InChI=1S/C13H12N4O2/c14-11-6-9(5-8-7-15-3-1-10(8)11)17-4-2-12(18)16-13(17)19/h1,3,5-7H,2,4,14H2,(H,16,18,19). The van der Waals surface area contributed by atoms with Gasteiger partial charge in [0.2, 0.25) is 5.91 Å². The number of carbonyl (C=O) groups is 2. The molecule has 6 nitrogen and oxygen atoms in total. The summed E-state index contributed by atoms with van der Waals surface area (Å²) in [6.07, 6.45) is 3.66. The quantitative estimate of drug-likeness (QED) is 0.752. The van der Waals surface area contributed by atoms with Gasteiger partial charge >= 0.3 is 6.03 Å². The molecule has 2 heterocycles. The number of urea groups is 1. The van der Waals surface area contributed by atoms with E-state index in [1.54, 1.807) is 18.5 Å². The molecule has 0 bridgehead atoms. The van der Waals surface area contributed by atoms with E-state index in [9.17, 15) is 9.59 Å². The Hall–Kier alpha value is -2.63. The van der Waals surface area contributed by atoms with Crippen LogP contribution < -0.4 is 16.0 Å². The number of hydrogen-bond donors (Lipinski definition) is 2. The fourth-order valence-corrected chi connectivity index (χ4v) is 2.19. The summed E-state index contributed by atoms with van der Waals surface area (Å²) in [6.45, 7) is 0.357. The smallest absolute Gasteiger partial charge is 0.328 e. The third-order valence-corrected chi connectivity index (χ3v) is 3.14. The zero-order valence-corrected chi connectivity index (χ0v) is 10.1. The van der Waals surface area contributed by atoms with Crippen molar-refractivity contribution in [2.75, 3.05) is 17.2 Å². The number of nitrogens with one attached hydrogen (secondary N) is 1. The van der Waals surface area contributed by atoms with Gasteiger partial charge in [-0.3, -0.25) is 20.0 Å². The number of benzene rings is 1. The highest BCUT2D eigenvalue weighted by atomic mass is 16.2. The van der Waals surface area contributed by atoms with Gasteiger partial charge < -0.3 is 5.73 Å². The number of pyridine rings is 1. The van der Waals surface area contributed by atoms with E-state index in [-0.39, 0.29) is 12.3 Å². The number of imide groups is 1. The van der Waals surface area contributed by atoms with Crippen molar-refractivity contribution in [1.82, 2.24) is 10.3 Å². The average Bonchev–Trinajstić information content (AvgIpc) is 2.38. The van der Waals surface area contributed by atoms with Gasteiger partial charge in [0.25, 0.3) is 0 Å². The van der Waals surface area contributed by atoms with Crippen LogP contribution >= 0.6 is 0 Å². The lowest BCUT2D eigenvalue weighted by Crippen LogP contribution is -2.49. The van der Waals surface area contributed by atoms with Gasteiger partial charge in [-0.25, -0.2) is 4.79 Å². The highest BCUT2D eigenvalue weighted by molar-refractivity contribution is 6.07. The number of nitrogens with two attached hydrogens (primary N) is 1. The Balaban J connectivity index is 2.06. The summed E-state index contributed by atoms with van der Waals surface area (Å²) < 4.78 is 0. The molecule has 2 aromatic rings. The van der Waals surface area contributed by atoms with Crippen LogP contribution in [0.5, 0.6) is 0 Å². The van der Waals surface area contributed by atoms with Gasteiger partial charge in [0, 0.05) is 47.5 Å². The first-order valence-corrected chi connectivity index (χ1v) is 5.90. The molecule has 0 saturated carbocycles. The molecule has 19 heavy (non-hydrogen) atoms. The van der Waals surface area contributed by atoms with Crippen molar-refractivity contribution >= 4 is 34.1 Å². The molecule has 1 aliphatic heterocycles. The molecule has 0 atom stereocenters.